The molecule has 0 aliphatic carbocycles. The van der Waals surface area contributed by atoms with Gasteiger partial charge in [0.25, 0.3) is 0 Å². The van der Waals surface area contributed by atoms with Crippen LogP contribution in [0.25, 0.3) is 0 Å². The number of rotatable bonds is 5. The number of benzene rings is 1. The topological polar surface area (TPSA) is 26.3 Å². The summed E-state index contributed by atoms with van der Waals surface area (Å²) in [4.78, 5) is 11.5. The fourth-order valence-electron chi connectivity index (χ4n) is 1.28. The number of ether oxygens (including phenoxy) is 1. The maximum absolute atomic E-state index is 12.0. The molecule has 0 amide bonds. The van der Waals surface area contributed by atoms with E-state index in [4.69, 9.17) is 0 Å². The minimum atomic E-state index is -2.84. The Morgan fingerprint density at radius 2 is 2.19 bits per heavy atom. The second-order valence-electron chi connectivity index (χ2n) is 3.22. The molecule has 0 spiro atoms. The molecule has 0 aliphatic heterocycles. The van der Waals surface area contributed by atoms with Crippen LogP contribution in [0.5, 0.6) is 5.75 Å². The van der Waals surface area contributed by atoms with Crippen LogP contribution >= 0.6 is 15.9 Å². The number of hydrogen-bond acceptors (Lipinski definition) is 2. The summed E-state index contributed by atoms with van der Waals surface area (Å²) in [5.41, 5.74) is 1.04. The van der Waals surface area contributed by atoms with Gasteiger partial charge in [0.15, 0.2) is 5.78 Å². The van der Waals surface area contributed by atoms with Crippen molar-refractivity contribution in [3.63, 3.8) is 0 Å². The van der Waals surface area contributed by atoms with Crippen molar-refractivity contribution in [2.45, 2.75) is 20.0 Å². The first-order chi connectivity index (χ1) is 7.54. The molecule has 0 saturated carbocycles. The Kier molecular flexibility index (Phi) is 4.86. The monoisotopic (exact) mass is 292 g/mol. The quantitative estimate of drug-likeness (QED) is 0.613. The van der Waals surface area contributed by atoms with E-state index < -0.39 is 6.61 Å². The van der Waals surface area contributed by atoms with Crippen molar-refractivity contribution in [1.82, 2.24) is 0 Å². The third kappa shape index (κ3) is 3.56. The Morgan fingerprint density at radius 1 is 1.50 bits per heavy atom. The molecule has 0 atom stereocenters. The lowest BCUT2D eigenvalue weighted by Crippen LogP contribution is -2.05. The molecule has 0 bridgehead atoms. The van der Waals surface area contributed by atoms with E-state index in [-0.39, 0.29) is 11.5 Å². The van der Waals surface area contributed by atoms with Crippen LogP contribution in [-0.4, -0.2) is 17.7 Å². The SMILES string of the molecule is Cc1cc(C(=O)CCBr)ccc1OC(F)F. The highest BCUT2D eigenvalue weighted by Gasteiger charge is 2.10. The van der Waals surface area contributed by atoms with Crippen LogP contribution in [0.2, 0.25) is 0 Å². The Morgan fingerprint density at radius 3 is 2.69 bits per heavy atom. The van der Waals surface area contributed by atoms with Gasteiger partial charge in [0.2, 0.25) is 0 Å². The first kappa shape index (κ1) is 13.1. The molecule has 0 saturated heterocycles. The molecule has 0 radical (unpaired) electrons. The molecule has 0 fully saturated rings. The highest BCUT2D eigenvalue weighted by Crippen LogP contribution is 2.21. The summed E-state index contributed by atoms with van der Waals surface area (Å²) < 4.78 is 28.3. The van der Waals surface area contributed by atoms with Gasteiger partial charge in [0, 0.05) is 17.3 Å². The predicted molar refractivity (Wildman–Crippen MR) is 60.6 cm³/mol. The molecule has 16 heavy (non-hydrogen) atoms. The van der Waals surface area contributed by atoms with Crippen LogP contribution < -0.4 is 4.74 Å². The van der Waals surface area contributed by atoms with Gasteiger partial charge in [0.05, 0.1) is 0 Å². The number of hydrogen-bond donors (Lipinski definition) is 0. The molecule has 0 aliphatic rings. The number of ketones is 1. The summed E-state index contributed by atoms with van der Waals surface area (Å²) in [5, 5.41) is 0.583. The van der Waals surface area contributed by atoms with Crippen molar-refractivity contribution in [3.8, 4) is 5.75 Å². The Hall–Kier alpha value is -0.970. The Labute approximate surface area is 101 Å². The Bertz CT molecular complexity index is 380. The molecule has 2 nitrogen and oxygen atoms in total. The molecule has 0 unspecified atom stereocenters. The first-order valence-electron chi connectivity index (χ1n) is 4.69. The predicted octanol–water partition coefficient (Wildman–Crippen LogP) is 3.56. The average Bonchev–Trinajstić information content (AvgIpc) is 2.20. The van der Waals surface area contributed by atoms with E-state index in [0.29, 0.717) is 22.9 Å². The summed E-state index contributed by atoms with van der Waals surface area (Å²) in [6, 6.07) is 4.45. The van der Waals surface area contributed by atoms with Gasteiger partial charge in [-0.05, 0) is 30.7 Å². The number of alkyl halides is 3. The smallest absolute Gasteiger partial charge is 0.387 e. The normalized spacial score (nSPS) is 10.6. The fourth-order valence-corrected chi connectivity index (χ4v) is 1.64. The summed E-state index contributed by atoms with van der Waals surface area (Å²) in [6.07, 6.45) is 0.383. The number of Topliss-reactive ketones (excluding diaryl/α,β-unsaturated/α-hetero) is 1. The van der Waals surface area contributed by atoms with E-state index >= 15 is 0 Å². The van der Waals surface area contributed by atoms with Crippen molar-refractivity contribution in [1.29, 1.82) is 0 Å². The van der Waals surface area contributed by atoms with Crippen LogP contribution in [0, 0.1) is 6.92 Å². The number of carbonyl (C=O) groups excluding carboxylic acids is 1. The maximum Gasteiger partial charge on any atom is 0.387 e. The van der Waals surface area contributed by atoms with E-state index in [1.807, 2.05) is 0 Å². The lowest BCUT2D eigenvalue weighted by atomic mass is 10.1. The largest absolute Gasteiger partial charge is 0.435 e. The second-order valence-corrected chi connectivity index (χ2v) is 4.01. The zero-order valence-corrected chi connectivity index (χ0v) is 10.3. The van der Waals surface area contributed by atoms with Gasteiger partial charge in [0.1, 0.15) is 5.75 Å². The van der Waals surface area contributed by atoms with Crippen molar-refractivity contribution in [2.75, 3.05) is 5.33 Å². The van der Waals surface area contributed by atoms with E-state index in [1.54, 1.807) is 13.0 Å². The third-order valence-corrected chi connectivity index (χ3v) is 2.43. The van der Waals surface area contributed by atoms with Crippen molar-refractivity contribution >= 4 is 21.7 Å². The molecular formula is C11H11BrF2O2. The van der Waals surface area contributed by atoms with E-state index in [0.717, 1.165) is 0 Å². The Balaban J connectivity index is 2.86. The third-order valence-electron chi connectivity index (χ3n) is 2.03. The molecule has 5 heteroatoms. The second kappa shape index (κ2) is 5.94. The van der Waals surface area contributed by atoms with E-state index in [9.17, 15) is 13.6 Å². The summed E-state index contributed by atoms with van der Waals surface area (Å²) in [6.45, 7) is -1.22. The molecule has 0 aromatic heterocycles. The molecule has 0 heterocycles. The van der Waals surface area contributed by atoms with E-state index in [1.165, 1.54) is 12.1 Å². The van der Waals surface area contributed by atoms with Gasteiger partial charge in [-0.15, -0.1) is 0 Å². The van der Waals surface area contributed by atoms with E-state index in [2.05, 4.69) is 20.7 Å². The summed E-state index contributed by atoms with van der Waals surface area (Å²) >= 11 is 3.17. The number of halogens is 3. The molecule has 88 valence electrons. The highest BCUT2D eigenvalue weighted by atomic mass is 79.9. The maximum atomic E-state index is 12.0. The standard InChI is InChI=1S/C11H11BrF2O2/c1-7-6-8(9(15)4-5-12)2-3-10(7)16-11(13)14/h2-3,6,11H,4-5H2,1H3. The van der Waals surface area contributed by atoms with Crippen molar-refractivity contribution in [2.24, 2.45) is 0 Å². The van der Waals surface area contributed by atoms with Crippen LogP contribution in [0.15, 0.2) is 18.2 Å². The van der Waals surface area contributed by atoms with Gasteiger partial charge in [-0.25, -0.2) is 0 Å². The minimum absolute atomic E-state index is 0.0245. The molecule has 1 aromatic carbocycles. The van der Waals surface area contributed by atoms with Gasteiger partial charge < -0.3 is 4.74 Å². The zero-order chi connectivity index (χ0) is 12.1. The average molecular weight is 293 g/mol. The summed E-state index contributed by atoms with van der Waals surface area (Å²) in [5.74, 6) is 0.0777. The van der Waals surface area contributed by atoms with Gasteiger partial charge in [-0.2, -0.15) is 8.78 Å². The van der Waals surface area contributed by atoms with Crippen LogP contribution in [0.4, 0.5) is 8.78 Å². The van der Waals surface area contributed by atoms with Crippen LogP contribution in [0.3, 0.4) is 0 Å². The first-order valence-corrected chi connectivity index (χ1v) is 5.81. The zero-order valence-electron chi connectivity index (χ0n) is 8.67. The fraction of sp³-hybridized carbons (Fsp3) is 0.364. The van der Waals surface area contributed by atoms with Gasteiger partial charge >= 0.3 is 6.61 Å². The van der Waals surface area contributed by atoms with Crippen molar-refractivity contribution < 1.29 is 18.3 Å². The summed E-state index contributed by atoms with van der Waals surface area (Å²) in [7, 11) is 0. The minimum Gasteiger partial charge on any atom is -0.435 e. The highest BCUT2D eigenvalue weighted by molar-refractivity contribution is 9.09. The molecule has 1 rings (SSSR count). The van der Waals surface area contributed by atoms with Crippen molar-refractivity contribution in [3.05, 3.63) is 29.3 Å². The van der Waals surface area contributed by atoms with Crippen LogP contribution in [0.1, 0.15) is 22.3 Å². The lowest BCUT2D eigenvalue weighted by Gasteiger charge is -2.08. The van der Waals surface area contributed by atoms with Crippen LogP contribution in [-0.2, 0) is 0 Å². The molecule has 0 N–H and O–H groups in total. The molecular weight excluding hydrogens is 282 g/mol. The van der Waals surface area contributed by atoms with Gasteiger partial charge in [-0.3, -0.25) is 4.79 Å². The number of aryl methyl sites for hydroxylation is 1. The van der Waals surface area contributed by atoms with Gasteiger partial charge in [-0.1, -0.05) is 15.9 Å². The molecule has 1 aromatic rings. The number of carbonyl (C=O) groups is 1. The lowest BCUT2D eigenvalue weighted by molar-refractivity contribution is -0.0502.